The van der Waals surface area contributed by atoms with Gasteiger partial charge >= 0.3 is 0 Å². The lowest BCUT2D eigenvalue weighted by molar-refractivity contribution is -0.0812. The molecule has 1 atom stereocenters. The largest absolute Gasteiger partial charge is 0.497 e. The van der Waals surface area contributed by atoms with Gasteiger partial charge in [0.2, 0.25) is 0 Å². The number of hydrogen-bond acceptors (Lipinski definition) is 4. The van der Waals surface area contributed by atoms with E-state index in [2.05, 4.69) is 6.58 Å². The molecule has 0 saturated heterocycles. The van der Waals surface area contributed by atoms with Gasteiger partial charge in [0.15, 0.2) is 0 Å². The fraction of sp³-hybridized carbons (Fsp3) is 0.429. The third kappa shape index (κ3) is 5.31. The molecule has 4 heteroatoms. The Morgan fingerprint density at radius 1 is 1.22 bits per heavy atom. The van der Waals surface area contributed by atoms with Crippen molar-refractivity contribution in [3.63, 3.8) is 0 Å². The van der Waals surface area contributed by atoms with Gasteiger partial charge in [-0.05, 0) is 17.7 Å². The maximum Gasteiger partial charge on any atom is 0.147 e. The highest BCUT2D eigenvalue weighted by atomic mass is 16.7. The van der Waals surface area contributed by atoms with Crippen molar-refractivity contribution in [2.75, 3.05) is 27.6 Å². The van der Waals surface area contributed by atoms with E-state index in [1.165, 1.54) is 0 Å². The summed E-state index contributed by atoms with van der Waals surface area (Å²) in [6.45, 7) is 4.91. The number of benzene rings is 1. The predicted octanol–water partition coefficient (Wildman–Crippen LogP) is 2.39. The predicted molar refractivity (Wildman–Crippen MR) is 69.6 cm³/mol. The zero-order valence-electron chi connectivity index (χ0n) is 10.9. The molecular formula is C14H20O4. The fourth-order valence-corrected chi connectivity index (χ4v) is 1.35. The minimum Gasteiger partial charge on any atom is -0.497 e. The van der Waals surface area contributed by atoms with Crippen LogP contribution >= 0.6 is 0 Å². The quantitative estimate of drug-likeness (QED) is 0.499. The maximum absolute atomic E-state index is 5.55. The van der Waals surface area contributed by atoms with Crippen LogP contribution in [-0.2, 0) is 20.8 Å². The summed E-state index contributed by atoms with van der Waals surface area (Å²) >= 11 is 0. The SMILES string of the molecule is C=C[C@@H](COCc1ccc(OC)cc1)OCOC. The first-order valence-corrected chi connectivity index (χ1v) is 5.74. The minimum atomic E-state index is -0.150. The van der Waals surface area contributed by atoms with E-state index in [1.54, 1.807) is 20.3 Å². The summed E-state index contributed by atoms with van der Waals surface area (Å²) < 4.78 is 20.8. The molecule has 0 bridgehead atoms. The lowest BCUT2D eigenvalue weighted by Gasteiger charge is -2.13. The molecular weight excluding hydrogens is 232 g/mol. The third-order valence-electron chi connectivity index (χ3n) is 2.37. The van der Waals surface area contributed by atoms with Gasteiger partial charge in [0.1, 0.15) is 18.6 Å². The molecule has 0 N–H and O–H groups in total. The standard InChI is InChI=1S/C14H20O4/c1-4-13(18-11-15-2)10-17-9-12-5-7-14(16-3)8-6-12/h4-8,13H,1,9-11H2,2-3H3/t13-/m0/s1. The van der Waals surface area contributed by atoms with Crippen molar-refractivity contribution in [2.24, 2.45) is 0 Å². The Kier molecular flexibility index (Phi) is 7.10. The Morgan fingerprint density at radius 2 is 1.94 bits per heavy atom. The van der Waals surface area contributed by atoms with E-state index in [0.29, 0.717) is 13.2 Å². The number of rotatable bonds is 9. The third-order valence-corrected chi connectivity index (χ3v) is 2.37. The average Bonchev–Trinajstić information content (AvgIpc) is 2.43. The molecule has 4 nitrogen and oxygen atoms in total. The topological polar surface area (TPSA) is 36.9 Å². The second-order valence-electron chi connectivity index (χ2n) is 3.71. The van der Waals surface area contributed by atoms with Crippen molar-refractivity contribution in [1.29, 1.82) is 0 Å². The van der Waals surface area contributed by atoms with Gasteiger partial charge in [-0.25, -0.2) is 0 Å². The summed E-state index contributed by atoms with van der Waals surface area (Å²) in [4.78, 5) is 0. The molecule has 0 fully saturated rings. The molecule has 100 valence electrons. The Balaban J connectivity index is 2.28. The number of hydrogen-bond donors (Lipinski definition) is 0. The molecule has 0 unspecified atom stereocenters. The van der Waals surface area contributed by atoms with E-state index < -0.39 is 0 Å². The molecule has 0 aliphatic heterocycles. The smallest absolute Gasteiger partial charge is 0.147 e. The summed E-state index contributed by atoms with van der Waals surface area (Å²) in [5, 5.41) is 0. The van der Waals surface area contributed by atoms with Crippen molar-refractivity contribution in [3.05, 3.63) is 42.5 Å². The van der Waals surface area contributed by atoms with Gasteiger partial charge in [-0.3, -0.25) is 0 Å². The number of methoxy groups -OCH3 is 2. The van der Waals surface area contributed by atoms with Crippen LogP contribution in [0.1, 0.15) is 5.56 Å². The molecule has 1 aromatic rings. The first-order chi connectivity index (χ1) is 8.80. The Labute approximate surface area is 108 Å². The van der Waals surface area contributed by atoms with Crippen molar-refractivity contribution in [2.45, 2.75) is 12.7 Å². The summed E-state index contributed by atoms with van der Waals surface area (Å²) in [7, 11) is 3.23. The fourth-order valence-electron chi connectivity index (χ4n) is 1.35. The van der Waals surface area contributed by atoms with Crippen LogP contribution in [0.4, 0.5) is 0 Å². The molecule has 0 aromatic heterocycles. The Hall–Kier alpha value is -1.36. The minimum absolute atomic E-state index is 0.150. The van der Waals surface area contributed by atoms with Crippen LogP contribution in [0.3, 0.4) is 0 Å². The molecule has 1 aromatic carbocycles. The Morgan fingerprint density at radius 3 is 2.50 bits per heavy atom. The van der Waals surface area contributed by atoms with E-state index in [0.717, 1.165) is 11.3 Å². The van der Waals surface area contributed by atoms with Gasteiger partial charge in [0.05, 0.1) is 20.3 Å². The highest BCUT2D eigenvalue weighted by Gasteiger charge is 2.04. The lowest BCUT2D eigenvalue weighted by atomic mass is 10.2. The van der Waals surface area contributed by atoms with Crippen LogP contribution in [0.25, 0.3) is 0 Å². The van der Waals surface area contributed by atoms with Crippen molar-refractivity contribution < 1.29 is 18.9 Å². The van der Waals surface area contributed by atoms with Crippen LogP contribution in [0.2, 0.25) is 0 Å². The average molecular weight is 252 g/mol. The maximum atomic E-state index is 5.55. The Bertz CT molecular complexity index is 334. The second-order valence-corrected chi connectivity index (χ2v) is 3.71. The normalized spacial score (nSPS) is 12.1. The van der Waals surface area contributed by atoms with E-state index in [4.69, 9.17) is 18.9 Å². The highest BCUT2D eigenvalue weighted by Crippen LogP contribution is 2.12. The molecule has 0 aliphatic rings. The summed E-state index contributed by atoms with van der Waals surface area (Å²) in [6.07, 6.45) is 1.55. The van der Waals surface area contributed by atoms with Crippen LogP contribution in [0.15, 0.2) is 36.9 Å². The van der Waals surface area contributed by atoms with Crippen LogP contribution < -0.4 is 4.74 Å². The molecule has 0 aliphatic carbocycles. The van der Waals surface area contributed by atoms with Crippen LogP contribution in [-0.4, -0.2) is 33.7 Å². The molecule has 0 radical (unpaired) electrons. The van der Waals surface area contributed by atoms with Gasteiger partial charge in [-0.1, -0.05) is 18.2 Å². The zero-order chi connectivity index (χ0) is 13.2. The van der Waals surface area contributed by atoms with Gasteiger partial charge in [-0.2, -0.15) is 0 Å². The van der Waals surface area contributed by atoms with Gasteiger partial charge in [0.25, 0.3) is 0 Å². The first-order valence-electron chi connectivity index (χ1n) is 5.74. The van der Waals surface area contributed by atoms with E-state index in [1.807, 2.05) is 24.3 Å². The first kappa shape index (κ1) is 14.7. The van der Waals surface area contributed by atoms with Crippen LogP contribution in [0.5, 0.6) is 5.75 Å². The van der Waals surface area contributed by atoms with Crippen LogP contribution in [0, 0.1) is 0 Å². The second kappa shape index (κ2) is 8.69. The van der Waals surface area contributed by atoms with Crippen molar-refractivity contribution in [1.82, 2.24) is 0 Å². The highest BCUT2D eigenvalue weighted by molar-refractivity contribution is 5.26. The number of ether oxygens (including phenoxy) is 4. The van der Waals surface area contributed by atoms with Gasteiger partial charge < -0.3 is 18.9 Å². The van der Waals surface area contributed by atoms with Gasteiger partial charge in [0, 0.05) is 7.11 Å². The molecule has 18 heavy (non-hydrogen) atoms. The zero-order valence-corrected chi connectivity index (χ0v) is 10.9. The van der Waals surface area contributed by atoms with E-state index in [-0.39, 0.29) is 12.9 Å². The summed E-state index contributed by atoms with van der Waals surface area (Å²) in [6, 6.07) is 7.76. The monoisotopic (exact) mass is 252 g/mol. The molecule has 0 spiro atoms. The van der Waals surface area contributed by atoms with Crippen molar-refractivity contribution >= 4 is 0 Å². The summed E-state index contributed by atoms with van der Waals surface area (Å²) in [5.41, 5.74) is 1.09. The van der Waals surface area contributed by atoms with Gasteiger partial charge in [-0.15, -0.1) is 6.58 Å². The molecule has 0 amide bonds. The lowest BCUT2D eigenvalue weighted by Crippen LogP contribution is -2.18. The molecule has 0 saturated carbocycles. The summed E-state index contributed by atoms with van der Waals surface area (Å²) in [5.74, 6) is 0.839. The van der Waals surface area contributed by atoms with Crippen molar-refractivity contribution in [3.8, 4) is 5.75 Å². The molecule has 0 heterocycles. The molecule has 1 rings (SSSR count). The van der Waals surface area contributed by atoms with E-state index in [9.17, 15) is 0 Å². The van der Waals surface area contributed by atoms with E-state index >= 15 is 0 Å².